The summed E-state index contributed by atoms with van der Waals surface area (Å²) in [5.74, 6) is -0.491. The molecule has 0 bridgehead atoms. The number of quaternary nitrogens is 1. The van der Waals surface area contributed by atoms with E-state index in [0.717, 1.165) is 35.1 Å². The Balaban J connectivity index is 1.68. The van der Waals surface area contributed by atoms with E-state index in [-0.39, 0.29) is 36.6 Å². The predicted octanol–water partition coefficient (Wildman–Crippen LogP) is 6.31. The molecule has 1 fully saturated rings. The number of amides is 1. The number of aliphatic carboxylic acids is 1. The fourth-order valence-electron chi connectivity index (χ4n) is 6.95. The number of hydrogen-bond acceptors (Lipinski definition) is 5. The Morgan fingerprint density at radius 2 is 1.82 bits per heavy atom. The normalized spacial score (nSPS) is 20.0. The van der Waals surface area contributed by atoms with Gasteiger partial charge in [0, 0.05) is 36.3 Å². The average Bonchev–Trinajstić information content (AvgIpc) is 3.51. The van der Waals surface area contributed by atoms with Gasteiger partial charge in [0.05, 0.1) is 33.6 Å². The van der Waals surface area contributed by atoms with Gasteiger partial charge < -0.3 is 24.0 Å². The Hall–Kier alpha value is -3.36. The van der Waals surface area contributed by atoms with E-state index >= 15 is 0 Å². The summed E-state index contributed by atoms with van der Waals surface area (Å²) < 4.78 is 12.0. The van der Waals surface area contributed by atoms with Crippen LogP contribution >= 0.6 is 0 Å². The van der Waals surface area contributed by atoms with Gasteiger partial charge in [0.15, 0.2) is 11.5 Å². The van der Waals surface area contributed by atoms with Crippen LogP contribution in [0.25, 0.3) is 0 Å². The van der Waals surface area contributed by atoms with Gasteiger partial charge in [-0.05, 0) is 61.9 Å². The van der Waals surface area contributed by atoms with Crippen molar-refractivity contribution in [2.24, 2.45) is 11.3 Å². The number of allylic oxidation sites excluding steroid dienone is 2. The Morgan fingerprint density at radius 3 is 2.48 bits per heavy atom. The number of rotatable bonds is 13. The quantitative estimate of drug-likeness (QED) is 0.213. The largest absolute Gasteiger partial charge is 0.481 e. The second-order valence-electron chi connectivity index (χ2n) is 14.5. The van der Waals surface area contributed by atoms with Crippen molar-refractivity contribution in [1.29, 1.82) is 0 Å². The lowest BCUT2D eigenvalue weighted by atomic mass is 9.77. The molecule has 1 amide bonds. The van der Waals surface area contributed by atoms with Crippen LogP contribution < -0.4 is 14.4 Å². The first kappa shape index (κ1) is 33.5. The van der Waals surface area contributed by atoms with Gasteiger partial charge >= 0.3 is 5.97 Å². The summed E-state index contributed by atoms with van der Waals surface area (Å²) in [6, 6.07) is 13.7. The molecule has 0 spiro atoms. The molecule has 2 aromatic carbocycles. The van der Waals surface area contributed by atoms with Gasteiger partial charge in [0.25, 0.3) is 0 Å². The van der Waals surface area contributed by atoms with Crippen molar-refractivity contribution in [1.82, 2.24) is 4.90 Å². The van der Waals surface area contributed by atoms with Crippen LogP contribution in [-0.4, -0.2) is 80.0 Å². The molecule has 3 atom stereocenters. The minimum absolute atomic E-state index is 0.00124. The zero-order chi connectivity index (χ0) is 32.2. The lowest BCUT2D eigenvalue weighted by molar-refractivity contribution is -0.884. The van der Waals surface area contributed by atoms with Crippen LogP contribution in [0, 0.1) is 11.3 Å². The third kappa shape index (κ3) is 8.42. The molecule has 240 valence electrons. The number of nitrogens with zero attached hydrogens (tertiary/aromatic N) is 3. The van der Waals surface area contributed by atoms with Gasteiger partial charge in [-0.3, -0.25) is 14.5 Å². The van der Waals surface area contributed by atoms with Crippen LogP contribution in [0.3, 0.4) is 0 Å². The first-order valence-electron chi connectivity index (χ1n) is 15.9. The zero-order valence-electron chi connectivity index (χ0n) is 27.9. The number of carbonyl (C=O) groups excluding carboxylic acids is 1. The number of carboxylic acid groups (broad SMARTS) is 1. The van der Waals surface area contributed by atoms with Gasteiger partial charge in [-0.2, -0.15) is 0 Å². The predicted molar refractivity (Wildman–Crippen MR) is 175 cm³/mol. The smallest absolute Gasteiger partial charge is 0.308 e. The monoisotopic (exact) mass is 606 g/mol. The van der Waals surface area contributed by atoms with Crippen LogP contribution in [-0.2, 0) is 16.1 Å². The second-order valence-corrected chi connectivity index (χ2v) is 14.5. The summed E-state index contributed by atoms with van der Waals surface area (Å²) in [7, 11) is 6.48. The third-order valence-corrected chi connectivity index (χ3v) is 8.53. The van der Waals surface area contributed by atoms with Crippen LogP contribution in [0.5, 0.6) is 11.5 Å². The molecule has 44 heavy (non-hydrogen) atoms. The van der Waals surface area contributed by atoms with Gasteiger partial charge in [0.2, 0.25) is 12.7 Å². The van der Waals surface area contributed by atoms with E-state index in [1.165, 1.54) is 11.1 Å². The zero-order valence-corrected chi connectivity index (χ0v) is 27.9. The molecule has 1 N–H and O–H groups in total. The Morgan fingerprint density at radius 1 is 1.09 bits per heavy atom. The van der Waals surface area contributed by atoms with Crippen molar-refractivity contribution in [2.75, 3.05) is 52.5 Å². The lowest BCUT2D eigenvalue weighted by Gasteiger charge is -2.34. The molecule has 2 aliphatic rings. The van der Waals surface area contributed by atoms with E-state index in [1.807, 2.05) is 35.2 Å². The van der Waals surface area contributed by atoms with E-state index in [0.29, 0.717) is 31.0 Å². The molecule has 0 unspecified atom stereocenters. The van der Waals surface area contributed by atoms with Crippen LogP contribution in [0.2, 0.25) is 0 Å². The van der Waals surface area contributed by atoms with E-state index in [2.05, 4.69) is 78.9 Å². The molecule has 1 saturated heterocycles. The first-order valence-corrected chi connectivity index (χ1v) is 15.9. The second kappa shape index (κ2) is 13.7. The Labute approximate surface area is 263 Å². The van der Waals surface area contributed by atoms with Crippen LogP contribution in [0.15, 0.2) is 54.1 Å². The number of carboxylic acids is 1. The molecule has 2 heterocycles. The molecule has 0 saturated carbocycles. The molecule has 8 nitrogen and oxygen atoms in total. The molecule has 2 aliphatic heterocycles. The molecular weight excluding hydrogens is 554 g/mol. The summed E-state index contributed by atoms with van der Waals surface area (Å²) >= 11 is 0. The molecule has 4 rings (SSSR count). The highest BCUT2D eigenvalue weighted by Crippen LogP contribution is 2.45. The van der Waals surface area contributed by atoms with Crippen molar-refractivity contribution in [3.05, 3.63) is 65.2 Å². The average molecular weight is 607 g/mol. The number of ether oxygens (including phenoxy) is 2. The number of fused-ring (bicyclic) bond motifs is 1. The standard InChI is InChI=1S/C36H51N3O5/c1-9-10-16-38(28-13-11-12-26(17-28)23-39(6,7)8)33(40)22-37-21-29(27-14-15-31-32(18-27)44-24-43-31)34(35(41)42)30(37)20-36(4,5)19-25(2)3/h11-15,17-19,29-30,34H,9-10,16,20-24H2,1-8H3/p+1/t29-,30+,34-/m1/s1. The fourth-order valence-corrected chi connectivity index (χ4v) is 6.95. The van der Waals surface area contributed by atoms with Crippen molar-refractivity contribution in [3.63, 3.8) is 0 Å². The van der Waals surface area contributed by atoms with Gasteiger partial charge in [-0.15, -0.1) is 0 Å². The molecule has 2 aromatic rings. The minimum Gasteiger partial charge on any atom is -0.481 e. The first-order chi connectivity index (χ1) is 20.7. The molecule has 0 radical (unpaired) electrons. The van der Waals surface area contributed by atoms with Gasteiger partial charge in [0.1, 0.15) is 6.54 Å². The summed E-state index contributed by atoms with van der Waals surface area (Å²) in [4.78, 5) is 31.3. The van der Waals surface area contributed by atoms with Crippen molar-refractivity contribution >= 4 is 17.6 Å². The molecule has 0 aliphatic carbocycles. The number of benzene rings is 2. The summed E-state index contributed by atoms with van der Waals surface area (Å²) in [6.45, 7) is 12.8. The van der Waals surface area contributed by atoms with Gasteiger partial charge in [-0.25, -0.2) is 0 Å². The van der Waals surface area contributed by atoms with Crippen molar-refractivity contribution in [2.45, 2.75) is 72.4 Å². The third-order valence-electron chi connectivity index (χ3n) is 8.53. The summed E-state index contributed by atoms with van der Waals surface area (Å²) in [6.07, 6.45) is 4.70. The Bertz CT molecular complexity index is 1360. The van der Waals surface area contributed by atoms with Gasteiger partial charge in [-0.1, -0.05) is 57.0 Å². The molecule has 0 aromatic heterocycles. The van der Waals surface area contributed by atoms with E-state index < -0.39 is 11.9 Å². The number of unbranched alkanes of at least 4 members (excludes halogenated alkanes) is 1. The maximum atomic E-state index is 14.2. The van der Waals surface area contributed by atoms with Crippen molar-refractivity contribution in [3.8, 4) is 11.5 Å². The highest BCUT2D eigenvalue weighted by molar-refractivity contribution is 5.95. The number of carbonyl (C=O) groups is 2. The Kier molecular flexibility index (Phi) is 10.5. The van der Waals surface area contributed by atoms with E-state index in [9.17, 15) is 14.7 Å². The maximum absolute atomic E-state index is 14.2. The minimum atomic E-state index is -0.837. The van der Waals surface area contributed by atoms with E-state index in [4.69, 9.17) is 9.47 Å². The highest BCUT2D eigenvalue weighted by atomic mass is 16.7. The number of anilines is 1. The molecule has 8 heteroatoms. The number of likely N-dealkylation sites (tertiary alicyclic amines) is 1. The van der Waals surface area contributed by atoms with E-state index in [1.54, 1.807) is 0 Å². The SMILES string of the molecule is CCCCN(C(=O)CN1C[C@H](c2ccc3c(c2)OCO3)[C@@H](C(=O)O)[C@@H]1CC(C)(C)C=C(C)C)c1cccc(C[N+](C)(C)C)c1. The van der Waals surface area contributed by atoms with Crippen LogP contribution in [0.1, 0.15) is 70.9 Å². The summed E-state index contributed by atoms with van der Waals surface area (Å²) in [5.41, 5.74) is 3.92. The van der Waals surface area contributed by atoms with Crippen LogP contribution in [0.4, 0.5) is 5.69 Å². The lowest BCUT2D eigenvalue weighted by Crippen LogP contribution is -2.45. The number of hydrogen-bond donors (Lipinski definition) is 1. The summed E-state index contributed by atoms with van der Waals surface area (Å²) in [5, 5.41) is 10.7. The molecular formula is C36H52N3O5+. The van der Waals surface area contributed by atoms with Crippen molar-refractivity contribution < 1.29 is 28.7 Å². The maximum Gasteiger partial charge on any atom is 0.308 e. The fraction of sp³-hybridized carbons (Fsp3) is 0.556. The topological polar surface area (TPSA) is 79.3 Å². The highest BCUT2D eigenvalue weighted by Gasteiger charge is 2.49.